The summed E-state index contributed by atoms with van der Waals surface area (Å²) in [6.07, 6.45) is 4.21. The van der Waals surface area contributed by atoms with Gasteiger partial charge in [-0.25, -0.2) is 9.78 Å². The lowest BCUT2D eigenvalue weighted by Gasteiger charge is -2.21. The number of imidazole rings is 1. The summed E-state index contributed by atoms with van der Waals surface area (Å²) >= 11 is 0. The molecule has 1 aliphatic heterocycles. The molecule has 7 nitrogen and oxygen atoms in total. The van der Waals surface area contributed by atoms with Crippen LogP contribution in [-0.2, 0) is 17.7 Å². The van der Waals surface area contributed by atoms with Crippen LogP contribution in [0.5, 0.6) is 0 Å². The third-order valence-electron chi connectivity index (χ3n) is 4.01. The summed E-state index contributed by atoms with van der Waals surface area (Å²) in [5.74, 6) is 0.724. The van der Waals surface area contributed by atoms with Crippen molar-refractivity contribution in [3.63, 3.8) is 0 Å². The lowest BCUT2D eigenvalue weighted by atomic mass is 10.1. The van der Waals surface area contributed by atoms with Gasteiger partial charge in [-0.2, -0.15) is 0 Å². The van der Waals surface area contributed by atoms with E-state index in [0.29, 0.717) is 23.6 Å². The van der Waals surface area contributed by atoms with E-state index in [4.69, 9.17) is 9.15 Å². The monoisotopic (exact) mass is 345 g/mol. The number of anilines is 1. The number of rotatable bonds is 3. The normalized spacial score (nSPS) is 14.1. The molecular formula is C18H23N3O4. The van der Waals surface area contributed by atoms with E-state index in [-0.39, 0.29) is 11.7 Å². The number of aryl methyl sites for hydroxylation is 2. The molecule has 3 rings (SSSR count). The van der Waals surface area contributed by atoms with E-state index < -0.39 is 11.6 Å². The molecule has 0 atom stereocenters. The number of amides is 1. The smallest absolute Gasteiger partial charge is 0.359 e. The third-order valence-corrected chi connectivity index (χ3v) is 4.01. The van der Waals surface area contributed by atoms with Crippen molar-refractivity contribution in [2.24, 2.45) is 0 Å². The van der Waals surface area contributed by atoms with Crippen LogP contribution in [-0.4, -0.2) is 27.0 Å². The summed E-state index contributed by atoms with van der Waals surface area (Å²) in [4.78, 5) is 29.7. The lowest BCUT2D eigenvalue weighted by Crippen LogP contribution is -2.27. The minimum absolute atomic E-state index is 0.247. The third kappa shape index (κ3) is 3.60. The first-order valence-electron chi connectivity index (χ1n) is 8.44. The molecule has 7 heteroatoms. The SMILES string of the molecule is Cc1occc1C(=O)Nc1nc2n(c1C(=O)OC(C)(C)C)CCCC2. The van der Waals surface area contributed by atoms with E-state index in [1.807, 2.05) is 25.3 Å². The topological polar surface area (TPSA) is 86.4 Å². The van der Waals surface area contributed by atoms with E-state index in [1.165, 1.54) is 6.26 Å². The second-order valence-electron chi connectivity index (χ2n) is 7.18. The molecular weight excluding hydrogens is 322 g/mol. The molecule has 0 bridgehead atoms. The first kappa shape index (κ1) is 17.3. The Morgan fingerprint density at radius 2 is 2.08 bits per heavy atom. The maximum Gasteiger partial charge on any atom is 0.359 e. The van der Waals surface area contributed by atoms with Gasteiger partial charge in [-0.3, -0.25) is 4.79 Å². The zero-order valence-corrected chi connectivity index (χ0v) is 15.0. The average Bonchev–Trinajstić information content (AvgIpc) is 3.08. The summed E-state index contributed by atoms with van der Waals surface area (Å²) < 4.78 is 12.5. The molecule has 25 heavy (non-hydrogen) atoms. The number of carbonyl (C=O) groups excluding carboxylic acids is 2. The van der Waals surface area contributed by atoms with Crippen molar-refractivity contribution in [1.82, 2.24) is 9.55 Å². The molecule has 0 saturated carbocycles. The molecule has 1 aliphatic rings. The average molecular weight is 345 g/mol. The second-order valence-corrected chi connectivity index (χ2v) is 7.18. The van der Waals surface area contributed by atoms with Crippen molar-refractivity contribution in [1.29, 1.82) is 0 Å². The predicted octanol–water partition coefficient (Wildman–Crippen LogP) is 3.33. The predicted molar refractivity (Wildman–Crippen MR) is 91.7 cm³/mol. The Morgan fingerprint density at radius 1 is 1.32 bits per heavy atom. The van der Waals surface area contributed by atoms with E-state index in [2.05, 4.69) is 10.3 Å². The van der Waals surface area contributed by atoms with Gasteiger partial charge < -0.3 is 19.0 Å². The van der Waals surface area contributed by atoms with Gasteiger partial charge in [0, 0.05) is 13.0 Å². The molecule has 0 saturated heterocycles. The fourth-order valence-electron chi connectivity index (χ4n) is 2.90. The van der Waals surface area contributed by atoms with Gasteiger partial charge in [-0.05, 0) is 46.6 Å². The van der Waals surface area contributed by atoms with Crippen molar-refractivity contribution in [3.8, 4) is 0 Å². The molecule has 2 aromatic rings. The molecule has 0 fully saturated rings. The molecule has 134 valence electrons. The van der Waals surface area contributed by atoms with Crippen LogP contribution < -0.4 is 5.32 Å². The first-order chi connectivity index (χ1) is 11.8. The summed E-state index contributed by atoms with van der Waals surface area (Å²) in [5, 5.41) is 2.75. The maximum atomic E-state index is 12.7. The molecule has 1 amide bonds. The standard InChI is InChI=1S/C18H23N3O4/c1-11-12(8-10-24-11)16(22)20-15-14(17(23)25-18(2,3)4)21-9-6-5-7-13(21)19-15/h8,10H,5-7,9H2,1-4H3,(H,20,22). The number of nitrogens with one attached hydrogen (secondary N) is 1. The van der Waals surface area contributed by atoms with Crippen molar-refractivity contribution in [3.05, 3.63) is 35.2 Å². The molecule has 1 N–H and O–H groups in total. The van der Waals surface area contributed by atoms with Crippen molar-refractivity contribution < 1.29 is 18.7 Å². The van der Waals surface area contributed by atoms with Gasteiger partial charge in [-0.15, -0.1) is 0 Å². The molecule has 2 aromatic heterocycles. The molecule has 3 heterocycles. The van der Waals surface area contributed by atoms with Crippen LogP contribution in [0.4, 0.5) is 5.82 Å². The Morgan fingerprint density at radius 3 is 2.72 bits per heavy atom. The Balaban J connectivity index is 1.95. The van der Waals surface area contributed by atoms with Gasteiger partial charge in [0.1, 0.15) is 17.2 Å². The van der Waals surface area contributed by atoms with E-state index >= 15 is 0 Å². The molecule has 0 aliphatic carbocycles. The number of ether oxygens (including phenoxy) is 1. The Hall–Kier alpha value is -2.57. The first-order valence-corrected chi connectivity index (χ1v) is 8.44. The number of hydrogen-bond donors (Lipinski definition) is 1. The molecule has 0 spiro atoms. The highest BCUT2D eigenvalue weighted by molar-refractivity contribution is 6.07. The van der Waals surface area contributed by atoms with Gasteiger partial charge in [0.25, 0.3) is 5.91 Å². The summed E-state index contributed by atoms with van der Waals surface area (Å²) in [6, 6.07) is 1.59. The van der Waals surface area contributed by atoms with Crippen LogP contribution in [0.3, 0.4) is 0 Å². The van der Waals surface area contributed by atoms with Crippen LogP contribution in [0.2, 0.25) is 0 Å². The van der Waals surface area contributed by atoms with Crippen LogP contribution in [0, 0.1) is 6.92 Å². The molecule has 0 unspecified atom stereocenters. The maximum absolute atomic E-state index is 12.7. The molecule has 0 aromatic carbocycles. The van der Waals surface area contributed by atoms with Crippen molar-refractivity contribution in [2.45, 2.75) is 59.1 Å². The number of carbonyl (C=O) groups is 2. The number of furan rings is 1. The highest BCUT2D eigenvalue weighted by Crippen LogP contribution is 2.26. The van der Waals surface area contributed by atoms with Crippen molar-refractivity contribution in [2.75, 3.05) is 5.32 Å². The lowest BCUT2D eigenvalue weighted by molar-refractivity contribution is 0.00579. The van der Waals surface area contributed by atoms with Crippen LogP contribution in [0.15, 0.2) is 16.7 Å². The van der Waals surface area contributed by atoms with E-state index in [9.17, 15) is 9.59 Å². The van der Waals surface area contributed by atoms with Crippen molar-refractivity contribution >= 4 is 17.7 Å². The van der Waals surface area contributed by atoms with Gasteiger partial charge in [0.15, 0.2) is 11.5 Å². The van der Waals surface area contributed by atoms with Crippen LogP contribution in [0.1, 0.15) is 66.0 Å². The number of aromatic nitrogens is 2. The summed E-state index contributed by atoms with van der Waals surface area (Å²) in [5.41, 5.74) is 0.0963. The largest absolute Gasteiger partial charge is 0.469 e. The number of hydrogen-bond acceptors (Lipinski definition) is 5. The Bertz CT molecular complexity index is 811. The number of fused-ring (bicyclic) bond motifs is 1. The Labute approximate surface area is 146 Å². The zero-order chi connectivity index (χ0) is 18.2. The fraction of sp³-hybridized carbons (Fsp3) is 0.500. The van der Waals surface area contributed by atoms with Crippen LogP contribution >= 0.6 is 0 Å². The van der Waals surface area contributed by atoms with E-state index in [0.717, 1.165) is 25.1 Å². The number of esters is 1. The van der Waals surface area contributed by atoms with Gasteiger partial charge in [0.2, 0.25) is 0 Å². The van der Waals surface area contributed by atoms with Gasteiger partial charge in [-0.1, -0.05) is 0 Å². The van der Waals surface area contributed by atoms with E-state index in [1.54, 1.807) is 13.0 Å². The summed E-state index contributed by atoms with van der Waals surface area (Å²) in [6.45, 7) is 7.84. The number of nitrogens with zero attached hydrogens (tertiary/aromatic N) is 2. The highest BCUT2D eigenvalue weighted by Gasteiger charge is 2.30. The van der Waals surface area contributed by atoms with Crippen LogP contribution in [0.25, 0.3) is 0 Å². The minimum atomic E-state index is -0.626. The quantitative estimate of drug-likeness (QED) is 0.862. The zero-order valence-electron chi connectivity index (χ0n) is 15.0. The summed E-state index contributed by atoms with van der Waals surface area (Å²) in [7, 11) is 0. The van der Waals surface area contributed by atoms with Gasteiger partial charge >= 0.3 is 5.97 Å². The molecule has 0 radical (unpaired) electrons. The Kier molecular flexibility index (Phi) is 4.41. The fourth-order valence-corrected chi connectivity index (χ4v) is 2.90. The van der Waals surface area contributed by atoms with Gasteiger partial charge in [0.05, 0.1) is 11.8 Å². The minimum Gasteiger partial charge on any atom is -0.469 e. The second kappa shape index (κ2) is 6.38. The highest BCUT2D eigenvalue weighted by atomic mass is 16.6.